The fourth-order valence-electron chi connectivity index (χ4n) is 1.45. The number of carbonyl (C=O) groups is 1. The van der Waals surface area contributed by atoms with Gasteiger partial charge < -0.3 is 11.1 Å². The van der Waals surface area contributed by atoms with Crippen LogP contribution in [-0.4, -0.2) is 17.4 Å². The maximum atomic E-state index is 11.9. The van der Waals surface area contributed by atoms with Crippen molar-refractivity contribution in [3.8, 4) is 0 Å². The number of thiophene rings is 1. The molecule has 0 aliphatic rings. The third-order valence-corrected chi connectivity index (χ3v) is 3.44. The van der Waals surface area contributed by atoms with Gasteiger partial charge in [-0.1, -0.05) is 12.2 Å². The van der Waals surface area contributed by atoms with Crippen LogP contribution >= 0.6 is 11.3 Å². The van der Waals surface area contributed by atoms with Crippen LogP contribution in [-0.2, 0) is 0 Å². The molecule has 0 spiro atoms. The molecular weight excluding hydrogens is 234 g/mol. The van der Waals surface area contributed by atoms with E-state index in [1.165, 1.54) is 11.3 Å². The number of amides is 1. The van der Waals surface area contributed by atoms with E-state index in [0.29, 0.717) is 17.1 Å². The minimum absolute atomic E-state index is 0.160. The van der Waals surface area contributed by atoms with Gasteiger partial charge in [-0.05, 0) is 13.0 Å². The van der Waals surface area contributed by atoms with Crippen LogP contribution in [0.1, 0.15) is 16.6 Å². The fraction of sp³-hybridized carbons (Fsp3) is 0.167. The topological polar surface area (TPSA) is 68.0 Å². The summed E-state index contributed by atoms with van der Waals surface area (Å²) in [6.45, 7) is 6.06. The van der Waals surface area contributed by atoms with Crippen LogP contribution in [0.4, 0.5) is 5.69 Å². The molecule has 3 N–H and O–H groups in total. The Balaban J connectivity index is 2.32. The van der Waals surface area contributed by atoms with Crippen molar-refractivity contribution < 1.29 is 4.79 Å². The summed E-state index contributed by atoms with van der Waals surface area (Å²) in [6.07, 6.45) is 3.38. The van der Waals surface area contributed by atoms with E-state index in [9.17, 15) is 4.79 Å². The number of anilines is 1. The molecule has 0 bridgehead atoms. The molecule has 5 heteroatoms. The Morgan fingerprint density at radius 2 is 2.41 bits per heavy atom. The van der Waals surface area contributed by atoms with Crippen LogP contribution < -0.4 is 11.1 Å². The summed E-state index contributed by atoms with van der Waals surface area (Å²) in [7, 11) is 0. The van der Waals surface area contributed by atoms with Gasteiger partial charge in [0.05, 0.1) is 10.4 Å². The van der Waals surface area contributed by atoms with Gasteiger partial charge in [-0.25, -0.2) is 0 Å². The number of rotatable bonds is 3. The molecule has 0 radical (unpaired) electrons. The van der Waals surface area contributed by atoms with Gasteiger partial charge in [0, 0.05) is 24.3 Å². The molecule has 0 saturated carbocycles. The van der Waals surface area contributed by atoms with Crippen LogP contribution in [0.5, 0.6) is 0 Å². The highest BCUT2D eigenvalue weighted by molar-refractivity contribution is 7.21. The van der Waals surface area contributed by atoms with E-state index >= 15 is 0 Å². The molecule has 2 heterocycles. The number of hydrogen-bond donors (Lipinski definition) is 2. The average Bonchev–Trinajstić information content (AvgIpc) is 2.64. The Hall–Kier alpha value is -1.88. The van der Waals surface area contributed by atoms with Crippen molar-refractivity contribution in [3.63, 3.8) is 0 Å². The van der Waals surface area contributed by atoms with E-state index in [1.807, 2.05) is 13.0 Å². The summed E-state index contributed by atoms with van der Waals surface area (Å²) in [5.74, 6) is -0.160. The van der Waals surface area contributed by atoms with Gasteiger partial charge in [0.2, 0.25) is 0 Å². The third-order valence-electron chi connectivity index (χ3n) is 2.29. The lowest BCUT2D eigenvalue weighted by Gasteiger charge is -2.03. The molecule has 1 amide bonds. The summed E-state index contributed by atoms with van der Waals surface area (Å²) in [4.78, 5) is 16.4. The highest BCUT2D eigenvalue weighted by atomic mass is 32.1. The van der Waals surface area contributed by atoms with Gasteiger partial charge in [0.25, 0.3) is 5.91 Å². The summed E-state index contributed by atoms with van der Waals surface area (Å²) >= 11 is 1.35. The van der Waals surface area contributed by atoms with Crippen molar-refractivity contribution in [2.45, 2.75) is 6.92 Å². The first-order chi connectivity index (χ1) is 8.09. The summed E-state index contributed by atoms with van der Waals surface area (Å²) < 4.78 is 0.922. The zero-order valence-corrected chi connectivity index (χ0v) is 10.3. The lowest BCUT2D eigenvalue weighted by Crippen LogP contribution is -2.24. The predicted molar refractivity (Wildman–Crippen MR) is 71.2 cm³/mol. The number of nitrogens with zero attached hydrogens (tertiary/aromatic N) is 1. The van der Waals surface area contributed by atoms with Gasteiger partial charge in [-0.15, -0.1) is 11.3 Å². The third kappa shape index (κ3) is 2.29. The van der Waals surface area contributed by atoms with E-state index in [0.717, 1.165) is 15.7 Å². The normalized spacial score (nSPS) is 10.4. The molecule has 0 aliphatic heterocycles. The Kier molecular flexibility index (Phi) is 3.10. The summed E-state index contributed by atoms with van der Waals surface area (Å²) in [5, 5.41) is 3.65. The Bertz CT molecular complexity index is 588. The number of pyridine rings is 1. The van der Waals surface area contributed by atoms with Crippen molar-refractivity contribution in [1.82, 2.24) is 10.3 Å². The minimum Gasteiger partial charge on any atom is -0.397 e. The number of nitrogens with two attached hydrogens (primary N) is 1. The molecule has 17 heavy (non-hydrogen) atoms. The molecule has 0 unspecified atom stereocenters. The zero-order chi connectivity index (χ0) is 12.4. The molecule has 0 fully saturated rings. The molecular formula is C12H13N3OS. The Morgan fingerprint density at radius 1 is 1.65 bits per heavy atom. The van der Waals surface area contributed by atoms with Gasteiger partial charge in [-0.2, -0.15) is 0 Å². The second-order valence-electron chi connectivity index (χ2n) is 3.86. The standard InChI is InChI=1S/C12H13N3OS/c1-7(2)5-15-12(16)11-10(13)8-3-4-14-6-9(8)17-11/h3-4,6H,1,5,13H2,2H3,(H,15,16). The molecule has 2 rings (SSSR count). The van der Waals surface area contributed by atoms with Gasteiger partial charge in [0.1, 0.15) is 4.88 Å². The quantitative estimate of drug-likeness (QED) is 0.817. The van der Waals surface area contributed by atoms with Crippen LogP contribution in [0.15, 0.2) is 30.6 Å². The number of aromatic nitrogens is 1. The highest BCUT2D eigenvalue weighted by Gasteiger charge is 2.15. The lowest BCUT2D eigenvalue weighted by molar-refractivity contribution is 0.0962. The summed E-state index contributed by atoms with van der Waals surface area (Å²) in [5.41, 5.74) is 7.37. The smallest absolute Gasteiger partial charge is 0.263 e. The fourth-order valence-corrected chi connectivity index (χ4v) is 2.46. The Labute approximate surface area is 103 Å². The first kappa shape index (κ1) is 11.6. The second kappa shape index (κ2) is 4.55. The number of nitrogens with one attached hydrogen (secondary N) is 1. The van der Waals surface area contributed by atoms with Crippen molar-refractivity contribution in [3.05, 3.63) is 35.5 Å². The number of carbonyl (C=O) groups excluding carboxylic acids is 1. The highest BCUT2D eigenvalue weighted by Crippen LogP contribution is 2.32. The molecule has 4 nitrogen and oxygen atoms in total. The predicted octanol–water partition coefficient (Wildman–Crippen LogP) is 2.18. The largest absolute Gasteiger partial charge is 0.397 e. The van der Waals surface area contributed by atoms with Crippen molar-refractivity contribution in [2.75, 3.05) is 12.3 Å². The molecule has 0 atom stereocenters. The first-order valence-electron chi connectivity index (χ1n) is 5.14. The molecule has 2 aromatic heterocycles. The Morgan fingerprint density at radius 3 is 3.06 bits per heavy atom. The zero-order valence-electron chi connectivity index (χ0n) is 9.49. The van der Waals surface area contributed by atoms with Crippen molar-refractivity contribution in [1.29, 1.82) is 0 Å². The summed E-state index contributed by atoms with van der Waals surface area (Å²) in [6, 6.07) is 1.82. The minimum atomic E-state index is -0.160. The molecule has 0 saturated heterocycles. The monoisotopic (exact) mass is 247 g/mol. The van der Waals surface area contributed by atoms with Gasteiger partial charge in [-0.3, -0.25) is 9.78 Å². The molecule has 88 valence electrons. The number of hydrogen-bond acceptors (Lipinski definition) is 4. The van der Waals surface area contributed by atoms with E-state index in [2.05, 4.69) is 16.9 Å². The molecule has 0 aromatic carbocycles. The first-order valence-corrected chi connectivity index (χ1v) is 5.96. The van der Waals surface area contributed by atoms with E-state index in [1.54, 1.807) is 12.4 Å². The second-order valence-corrected chi connectivity index (χ2v) is 4.91. The van der Waals surface area contributed by atoms with Crippen LogP contribution in [0.25, 0.3) is 10.1 Å². The van der Waals surface area contributed by atoms with Crippen molar-refractivity contribution in [2.24, 2.45) is 0 Å². The van der Waals surface area contributed by atoms with Gasteiger partial charge >= 0.3 is 0 Å². The van der Waals surface area contributed by atoms with Crippen molar-refractivity contribution >= 4 is 33.0 Å². The molecule has 0 aliphatic carbocycles. The van der Waals surface area contributed by atoms with E-state index in [-0.39, 0.29) is 5.91 Å². The number of fused-ring (bicyclic) bond motifs is 1. The van der Waals surface area contributed by atoms with Crippen LogP contribution in [0, 0.1) is 0 Å². The maximum Gasteiger partial charge on any atom is 0.263 e. The van der Waals surface area contributed by atoms with Crippen LogP contribution in [0.2, 0.25) is 0 Å². The lowest BCUT2D eigenvalue weighted by atomic mass is 10.2. The molecule has 2 aromatic rings. The maximum absolute atomic E-state index is 11.9. The average molecular weight is 247 g/mol. The van der Waals surface area contributed by atoms with Gasteiger partial charge in [0.15, 0.2) is 0 Å². The SMILES string of the molecule is C=C(C)CNC(=O)c1sc2cnccc2c1N. The van der Waals surface area contributed by atoms with Crippen LogP contribution in [0.3, 0.4) is 0 Å². The number of nitrogen functional groups attached to an aromatic ring is 1. The van der Waals surface area contributed by atoms with E-state index < -0.39 is 0 Å². The van der Waals surface area contributed by atoms with E-state index in [4.69, 9.17) is 5.73 Å².